The summed E-state index contributed by atoms with van der Waals surface area (Å²) in [5.41, 5.74) is 2.15. The molecule has 3 aromatic carbocycles. The van der Waals surface area contributed by atoms with Crippen LogP contribution in [0, 0.1) is 21.4 Å². The Morgan fingerprint density at radius 1 is 1.13 bits per heavy atom. The van der Waals surface area contributed by atoms with E-state index in [1.54, 1.807) is 42.5 Å². The van der Waals surface area contributed by atoms with E-state index in [9.17, 15) is 20.2 Å². The molecule has 8 heteroatoms. The van der Waals surface area contributed by atoms with Crippen molar-refractivity contribution >= 4 is 39.2 Å². The lowest BCUT2D eigenvalue weighted by Crippen LogP contribution is -2.00. The van der Waals surface area contributed by atoms with Crippen molar-refractivity contribution in [3.8, 4) is 11.8 Å². The molecule has 0 radical (unpaired) electrons. The van der Waals surface area contributed by atoms with Gasteiger partial charge in [-0.15, -0.1) is 0 Å². The van der Waals surface area contributed by atoms with Gasteiger partial charge in [-0.25, -0.2) is 4.79 Å². The number of nitriles is 1. The second kappa shape index (κ2) is 9.69. The van der Waals surface area contributed by atoms with Gasteiger partial charge in [0.25, 0.3) is 5.69 Å². The summed E-state index contributed by atoms with van der Waals surface area (Å²) in [4.78, 5) is 21.5. The van der Waals surface area contributed by atoms with E-state index < -0.39 is 10.9 Å². The number of rotatable bonds is 7. The Bertz CT molecular complexity index is 1210. The fourth-order valence-electron chi connectivity index (χ4n) is 2.79. The molecule has 0 fully saturated rings. The summed E-state index contributed by atoms with van der Waals surface area (Å²) < 4.78 is 6.66. The molecule has 0 unspecified atom stereocenters. The van der Waals surface area contributed by atoms with Crippen LogP contribution in [0.5, 0.6) is 5.75 Å². The Labute approximate surface area is 186 Å². The fraction of sp³-hybridized carbons (Fsp3) is 0.0435. The van der Waals surface area contributed by atoms with E-state index in [4.69, 9.17) is 9.84 Å². The maximum Gasteiger partial charge on any atom is 0.335 e. The summed E-state index contributed by atoms with van der Waals surface area (Å²) >= 11 is 3.40. The van der Waals surface area contributed by atoms with Crippen molar-refractivity contribution < 1.29 is 19.6 Å². The first-order valence-electron chi connectivity index (χ1n) is 8.98. The molecule has 31 heavy (non-hydrogen) atoms. The largest absolute Gasteiger partial charge is 0.488 e. The van der Waals surface area contributed by atoms with Gasteiger partial charge in [-0.3, -0.25) is 10.1 Å². The van der Waals surface area contributed by atoms with E-state index in [1.807, 2.05) is 0 Å². The first-order chi connectivity index (χ1) is 14.9. The Kier molecular flexibility index (Phi) is 6.80. The molecule has 0 atom stereocenters. The first-order valence-corrected chi connectivity index (χ1v) is 9.78. The molecular weight excluding hydrogens is 464 g/mol. The lowest BCUT2D eigenvalue weighted by atomic mass is 10.0. The summed E-state index contributed by atoms with van der Waals surface area (Å²) in [7, 11) is 0. The smallest absolute Gasteiger partial charge is 0.335 e. The van der Waals surface area contributed by atoms with Gasteiger partial charge in [0.1, 0.15) is 12.4 Å². The minimum Gasteiger partial charge on any atom is -0.488 e. The highest BCUT2D eigenvalue weighted by Gasteiger charge is 2.11. The van der Waals surface area contributed by atoms with E-state index in [-0.39, 0.29) is 23.4 Å². The number of ether oxygens (including phenoxy) is 1. The summed E-state index contributed by atoms with van der Waals surface area (Å²) in [6.45, 7) is 0.196. The predicted octanol–water partition coefficient (Wildman–Crippen LogP) is 5.70. The second-order valence-corrected chi connectivity index (χ2v) is 7.37. The standard InChI is InChI=1S/C23H15BrN2O5/c24-20-8-9-22(31-14-15-4-6-16(7-5-15)23(27)28)18(11-20)10-19(13-25)17-2-1-3-21(12-17)26(29)30/h1-12H,14H2,(H,27,28)/b19-10-. The topological polar surface area (TPSA) is 113 Å². The third kappa shape index (κ3) is 5.56. The van der Waals surface area contributed by atoms with E-state index in [2.05, 4.69) is 22.0 Å². The van der Waals surface area contributed by atoms with Gasteiger partial charge in [-0.2, -0.15) is 5.26 Å². The number of hydrogen-bond acceptors (Lipinski definition) is 5. The summed E-state index contributed by atoms with van der Waals surface area (Å²) in [6, 6.07) is 19.6. The third-order valence-corrected chi connectivity index (χ3v) is 4.85. The zero-order valence-electron chi connectivity index (χ0n) is 16.0. The number of allylic oxidation sites excluding steroid dienone is 1. The summed E-state index contributed by atoms with van der Waals surface area (Å²) in [6.07, 6.45) is 1.60. The number of hydrogen-bond donors (Lipinski definition) is 1. The highest BCUT2D eigenvalue weighted by atomic mass is 79.9. The Balaban J connectivity index is 1.89. The van der Waals surface area contributed by atoms with Gasteiger partial charge < -0.3 is 9.84 Å². The van der Waals surface area contributed by atoms with Crippen molar-refractivity contribution in [2.75, 3.05) is 0 Å². The van der Waals surface area contributed by atoms with Gasteiger partial charge in [-0.1, -0.05) is 40.2 Å². The number of nitro groups is 1. The highest BCUT2D eigenvalue weighted by Crippen LogP contribution is 2.29. The summed E-state index contributed by atoms with van der Waals surface area (Å²) in [5.74, 6) is -0.498. The first kappa shape index (κ1) is 21.7. The van der Waals surface area contributed by atoms with E-state index in [0.29, 0.717) is 16.9 Å². The van der Waals surface area contributed by atoms with Crippen LogP contribution in [0.4, 0.5) is 5.69 Å². The molecule has 3 rings (SSSR count). The molecule has 0 heterocycles. The number of non-ortho nitro benzene ring substituents is 1. The van der Waals surface area contributed by atoms with Crippen LogP contribution in [0.1, 0.15) is 27.0 Å². The van der Waals surface area contributed by atoms with Gasteiger partial charge in [0.15, 0.2) is 0 Å². The van der Waals surface area contributed by atoms with Crippen LogP contribution in [0.15, 0.2) is 71.2 Å². The van der Waals surface area contributed by atoms with Crippen molar-refractivity contribution in [2.24, 2.45) is 0 Å². The molecule has 7 nitrogen and oxygen atoms in total. The van der Waals surface area contributed by atoms with Gasteiger partial charge in [0, 0.05) is 22.2 Å². The van der Waals surface area contributed by atoms with Crippen molar-refractivity contribution in [2.45, 2.75) is 6.61 Å². The minimum atomic E-state index is -1.00. The van der Waals surface area contributed by atoms with Crippen LogP contribution in [0.25, 0.3) is 11.6 Å². The predicted molar refractivity (Wildman–Crippen MR) is 118 cm³/mol. The average molecular weight is 479 g/mol. The van der Waals surface area contributed by atoms with Gasteiger partial charge in [0.2, 0.25) is 0 Å². The van der Waals surface area contributed by atoms with Crippen LogP contribution >= 0.6 is 15.9 Å². The second-order valence-electron chi connectivity index (χ2n) is 6.45. The molecule has 0 saturated carbocycles. The van der Waals surface area contributed by atoms with Gasteiger partial charge >= 0.3 is 5.97 Å². The van der Waals surface area contributed by atoms with Crippen LogP contribution in [0.2, 0.25) is 0 Å². The number of nitrogens with zero attached hydrogens (tertiary/aromatic N) is 2. The maximum absolute atomic E-state index is 11.0. The lowest BCUT2D eigenvalue weighted by molar-refractivity contribution is -0.384. The number of aromatic carboxylic acids is 1. The zero-order valence-corrected chi connectivity index (χ0v) is 17.6. The Morgan fingerprint density at radius 3 is 2.52 bits per heavy atom. The minimum absolute atomic E-state index is 0.103. The quantitative estimate of drug-likeness (QED) is 0.201. The molecule has 0 spiro atoms. The van der Waals surface area contributed by atoms with Crippen molar-refractivity contribution in [3.63, 3.8) is 0 Å². The van der Waals surface area contributed by atoms with E-state index >= 15 is 0 Å². The van der Waals surface area contributed by atoms with Crippen LogP contribution < -0.4 is 4.74 Å². The normalized spacial score (nSPS) is 10.9. The molecule has 0 saturated heterocycles. The lowest BCUT2D eigenvalue weighted by Gasteiger charge is -2.11. The third-order valence-electron chi connectivity index (χ3n) is 4.36. The molecular formula is C23H15BrN2O5. The molecule has 0 aliphatic rings. The SMILES string of the molecule is N#C/C(=C/c1cc(Br)ccc1OCc1ccc(C(=O)O)cc1)c1cccc([N+](=O)[O-])c1. The fourth-order valence-corrected chi connectivity index (χ4v) is 3.17. The number of carboxylic acid groups (broad SMARTS) is 1. The monoisotopic (exact) mass is 478 g/mol. The van der Waals surface area contributed by atoms with Crippen molar-refractivity contribution in [1.82, 2.24) is 0 Å². The molecule has 0 amide bonds. The Morgan fingerprint density at radius 2 is 1.87 bits per heavy atom. The molecule has 3 aromatic rings. The Hall–Kier alpha value is -3.96. The molecule has 0 aliphatic carbocycles. The molecule has 154 valence electrons. The molecule has 1 N–H and O–H groups in total. The maximum atomic E-state index is 11.0. The van der Waals surface area contributed by atoms with Gasteiger partial charge in [-0.05, 0) is 47.5 Å². The molecule has 0 bridgehead atoms. The van der Waals surface area contributed by atoms with Crippen LogP contribution in [-0.4, -0.2) is 16.0 Å². The van der Waals surface area contributed by atoms with E-state index in [0.717, 1.165) is 10.0 Å². The molecule has 0 aliphatic heterocycles. The number of halogens is 1. The van der Waals surface area contributed by atoms with Gasteiger partial charge in [0.05, 0.1) is 22.1 Å². The average Bonchev–Trinajstić information content (AvgIpc) is 2.77. The molecule has 0 aromatic heterocycles. The highest BCUT2D eigenvalue weighted by molar-refractivity contribution is 9.10. The number of benzene rings is 3. The zero-order chi connectivity index (χ0) is 22.4. The van der Waals surface area contributed by atoms with Crippen molar-refractivity contribution in [1.29, 1.82) is 5.26 Å². The van der Waals surface area contributed by atoms with E-state index in [1.165, 1.54) is 30.3 Å². The number of nitro benzene ring substituents is 1. The number of carbonyl (C=O) groups is 1. The van der Waals surface area contributed by atoms with Crippen LogP contribution in [-0.2, 0) is 6.61 Å². The van der Waals surface area contributed by atoms with Crippen molar-refractivity contribution in [3.05, 3.63) is 104 Å². The van der Waals surface area contributed by atoms with Crippen LogP contribution in [0.3, 0.4) is 0 Å². The number of carboxylic acids is 1. The summed E-state index contributed by atoms with van der Waals surface area (Å²) in [5, 5.41) is 29.7.